The molecule has 0 aliphatic carbocycles. The van der Waals surface area contributed by atoms with Crippen LogP contribution in [0.15, 0.2) is 24.5 Å². The Balaban J connectivity index is 2.22. The summed E-state index contributed by atoms with van der Waals surface area (Å²) in [4.78, 5) is 15.8. The normalized spacial score (nSPS) is 12.7. The summed E-state index contributed by atoms with van der Waals surface area (Å²) in [6.45, 7) is 9.49. The zero-order valence-corrected chi connectivity index (χ0v) is 15.7. The SMILES string of the molecule is Cc1nc(-c2cccnc2)nc(NCC(CC(C)C)N(C)C)c1C. The van der Waals surface area contributed by atoms with Crippen LogP contribution in [0, 0.1) is 19.8 Å². The lowest BCUT2D eigenvalue weighted by molar-refractivity contribution is 0.265. The Hall–Kier alpha value is -2.01. The highest BCUT2D eigenvalue weighted by Crippen LogP contribution is 2.21. The lowest BCUT2D eigenvalue weighted by atomic mass is 10.0. The first-order valence-corrected chi connectivity index (χ1v) is 8.54. The maximum Gasteiger partial charge on any atom is 0.163 e. The summed E-state index contributed by atoms with van der Waals surface area (Å²) in [6, 6.07) is 4.37. The number of likely N-dealkylation sites (N-methyl/N-ethyl adjacent to an activating group) is 1. The summed E-state index contributed by atoms with van der Waals surface area (Å²) in [5.74, 6) is 2.30. The Kier molecular flexibility index (Phi) is 6.26. The van der Waals surface area contributed by atoms with Crippen LogP contribution in [0.25, 0.3) is 11.4 Å². The van der Waals surface area contributed by atoms with E-state index in [0.29, 0.717) is 12.0 Å². The van der Waals surface area contributed by atoms with E-state index in [-0.39, 0.29) is 0 Å². The molecule has 0 amide bonds. The molecule has 1 N–H and O–H groups in total. The van der Waals surface area contributed by atoms with Gasteiger partial charge in [-0.05, 0) is 52.4 Å². The van der Waals surface area contributed by atoms with Gasteiger partial charge in [0.2, 0.25) is 0 Å². The highest BCUT2D eigenvalue weighted by molar-refractivity contribution is 5.58. The van der Waals surface area contributed by atoms with Gasteiger partial charge in [0.1, 0.15) is 5.82 Å². The smallest absolute Gasteiger partial charge is 0.163 e. The van der Waals surface area contributed by atoms with Crippen molar-refractivity contribution < 1.29 is 0 Å². The van der Waals surface area contributed by atoms with Crippen molar-refractivity contribution in [1.29, 1.82) is 0 Å². The maximum absolute atomic E-state index is 4.73. The Morgan fingerprint density at radius 2 is 1.92 bits per heavy atom. The molecule has 0 radical (unpaired) electrons. The van der Waals surface area contributed by atoms with Gasteiger partial charge in [-0.15, -0.1) is 0 Å². The highest BCUT2D eigenvalue weighted by atomic mass is 15.1. The number of pyridine rings is 1. The molecule has 0 aromatic carbocycles. The van der Waals surface area contributed by atoms with Crippen molar-refractivity contribution in [2.24, 2.45) is 5.92 Å². The summed E-state index contributed by atoms with van der Waals surface area (Å²) in [6.07, 6.45) is 4.71. The number of hydrogen-bond donors (Lipinski definition) is 1. The number of anilines is 1. The summed E-state index contributed by atoms with van der Waals surface area (Å²) in [5.41, 5.74) is 3.04. The molecule has 1 unspecified atom stereocenters. The number of nitrogens with zero attached hydrogens (tertiary/aromatic N) is 4. The van der Waals surface area contributed by atoms with Crippen LogP contribution in [0.5, 0.6) is 0 Å². The van der Waals surface area contributed by atoms with E-state index in [1.807, 2.05) is 19.1 Å². The molecule has 24 heavy (non-hydrogen) atoms. The number of aromatic nitrogens is 3. The van der Waals surface area contributed by atoms with Gasteiger partial charge in [0.25, 0.3) is 0 Å². The summed E-state index contributed by atoms with van der Waals surface area (Å²) < 4.78 is 0. The van der Waals surface area contributed by atoms with E-state index >= 15 is 0 Å². The van der Waals surface area contributed by atoms with Gasteiger partial charge in [-0.1, -0.05) is 13.8 Å². The zero-order valence-electron chi connectivity index (χ0n) is 15.7. The Labute approximate surface area is 145 Å². The largest absolute Gasteiger partial charge is 0.368 e. The van der Waals surface area contributed by atoms with Crippen LogP contribution in [0.2, 0.25) is 0 Å². The van der Waals surface area contributed by atoms with Gasteiger partial charge in [-0.2, -0.15) is 0 Å². The van der Waals surface area contributed by atoms with E-state index in [0.717, 1.165) is 41.4 Å². The summed E-state index contributed by atoms with van der Waals surface area (Å²) in [5, 5.41) is 3.54. The van der Waals surface area contributed by atoms with Crippen LogP contribution in [-0.4, -0.2) is 46.5 Å². The standard InChI is InChI=1S/C19H29N5/c1-13(2)10-17(24(5)6)12-21-18-14(3)15(4)22-19(23-18)16-8-7-9-20-11-16/h7-9,11,13,17H,10,12H2,1-6H3,(H,21,22,23). The minimum atomic E-state index is 0.474. The highest BCUT2D eigenvalue weighted by Gasteiger charge is 2.15. The number of hydrogen-bond acceptors (Lipinski definition) is 5. The van der Waals surface area contributed by atoms with Gasteiger partial charge in [0, 0.05) is 41.8 Å². The van der Waals surface area contributed by atoms with E-state index < -0.39 is 0 Å². The average molecular weight is 327 g/mol. The van der Waals surface area contributed by atoms with Crippen LogP contribution < -0.4 is 5.32 Å². The molecule has 1 atom stereocenters. The monoisotopic (exact) mass is 327 g/mol. The van der Waals surface area contributed by atoms with E-state index in [4.69, 9.17) is 4.98 Å². The molecule has 0 fully saturated rings. The average Bonchev–Trinajstić information content (AvgIpc) is 2.55. The molecule has 0 spiro atoms. The van der Waals surface area contributed by atoms with Crippen LogP contribution in [0.1, 0.15) is 31.5 Å². The number of rotatable bonds is 7. The molecule has 0 aliphatic rings. The van der Waals surface area contributed by atoms with E-state index in [1.165, 1.54) is 0 Å². The molecule has 2 rings (SSSR count). The number of nitrogens with one attached hydrogen (secondary N) is 1. The topological polar surface area (TPSA) is 53.9 Å². The first-order chi connectivity index (χ1) is 11.4. The first kappa shape index (κ1) is 18.3. The zero-order chi connectivity index (χ0) is 17.7. The number of aryl methyl sites for hydroxylation is 1. The maximum atomic E-state index is 4.73. The van der Waals surface area contributed by atoms with Crippen molar-refractivity contribution in [3.63, 3.8) is 0 Å². The van der Waals surface area contributed by atoms with Crippen molar-refractivity contribution in [1.82, 2.24) is 19.9 Å². The van der Waals surface area contributed by atoms with Crippen LogP contribution in [-0.2, 0) is 0 Å². The second kappa shape index (κ2) is 8.20. The lowest BCUT2D eigenvalue weighted by Gasteiger charge is -2.27. The fourth-order valence-corrected chi connectivity index (χ4v) is 2.66. The molecule has 0 saturated carbocycles. The molecular weight excluding hydrogens is 298 g/mol. The molecule has 0 bridgehead atoms. The Morgan fingerprint density at radius 3 is 2.50 bits per heavy atom. The third kappa shape index (κ3) is 4.74. The van der Waals surface area contributed by atoms with E-state index in [2.05, 4.69) is 55.1 Å². The molecule has 2 aromatic rings. The van der Waals surface area contributed by atoms with Crippen LogP contribution in [0.3, 0.4) is 0 Å². The lowest BCUT2D eigenvalue weighted by Crippen LogP contribution is -2.36. The Bertz CT molecular complexity index is 652. The van der Waals surface area contributed by atoms with Crippen molar-refractivity contribution >= 4 is 5.82 Å². The van der Waals surface area contributed by atoms with Crippen LogP contribution >= 0.6 is 0 Å². The third-order valence-electron chi connectivity index (χ3n) is 4.29. The van der Waals surface area contributed by atoms with Crippen molar-refractivity contribution in [3.8, 4) is 11.4 Å². The van der Waals surface area contributed by atoms with E-state index in [9.17, 15) is 0 Å². The summed E-state index contributed by atoms with van der Waals surface area (Å²) in [7, 11) is 4.27. The van der Waals surface area contributed by atoms with Gasteiger partial charge in [0.05, 0.1) is 0 Å². The molecule has 2 aromatic heterocycles. The van der Waals surface area contributed by atoms with Gasteiger partial charge < -0.3 is 10.2 Å². The predicted octanol–water partition coefficient (Wildman–Crippen LogP) is 3.54. The third-order valence-corrected chi connectivity index (χ3v) is 4.29. The van der Waals surface area contributed by atoms with Crippen molar-refractivity contribution in [2.75, 3.05) is 26.0 Å². The molecule has 5 heteroatoms. The molecule has 0 aliphatic heterocycles. The molecule has 0 saturated heterocycles. The van der Waals surface area contributed by atoms with Crippen LogP contribution in [0.4, 0.5) is 5.82 Å². The summed E-state index contributed by atoms with van der Waals surface area (Å²) >= 11 is 0. The van der Waals surface area contributed by atoms with Gasteiger partial charge in [-0.25, -0.2) is 9.97 Å². The fourth-order valence-electron chi connectivity index (χ4n) is 2.66. The first-order valence-electron chi connectivity index (χ1n) is 8.54. The molecular formula is C19H29N5. The molecule has 5 nitrogen and oxygen atoms in total. The van der Waals surface area contributed by atoms with Crippen molar-refractivity contribution in [3.05, 3.63) is 35.8 Å². The van der Waals surface area contributed by atoms with Gasteiger partial charge in [0.15, 0.2) is 5.82 Å². The van der Waals surface area contributed by atoms with Crippen molar-refractivity contribution in [2.45, 2.75) is 40.2 Å². The minimum Gasteiger partial charge on any atom is -0.368 e. The van der Waals surface area contributed by atoms with E-state index in [1.54, 1.807) is 12.4 Å². The second-order valence-corrected chi connectivity index (χ2v) is 6.98. The second-order valence-electron chi connectivity index (χ2n) is 6.98. The molecule has 2 heterocycles. The Morgan fingerprint density at radius 1 is 1.17 bits per heavy atom. The van der Waals surface area contributed by atoms with Gasteiger partial charge >= 0.3 is 0 Å². The molecule has 130 valence electrons. The quantitative estimate of drug-likeness (QED) is 0.843. The predicted molar refractivity (Wildman–Crippen MR) is 100 cm³/mol. The minimum absolute atomic E-state index is 0.474. The fraction of sp³-hybridized carbons (Fsp3) is 0.526. The van der Waals surface area contributed by atoms with Gasteiger partial charge in [-0.3, -0.25) is 4.98 Å².